The molecule has 11 heteroatoms. The maximum absolute atomic E-state index is 13.6. The van der Waals surface area contributed by atoms with E-state index in [1.165, 1.54) is 23.5 Å². The maximum atomic E-state index is 13.6. The minimum absolute atomic E-state index is 0.00890. The van der Waals surface area contributed by atoms with E-state index in [9.17, 15) is 13.2 Å². The van der Waals surface area contributed by atoms with Crippen LogP contribution in [0, 0.1) is 0 Å². The van der Waals surface area contributed by atoms with Crippen LogP contribution in [0.4, 0.5) is 10.8 Å². The molecule has 1 unspecified atom stereocenters. The molecular formula is C29H30N4O5S2. The lowest BCUT2D eigenvalue weighted by atomic mass is 10.1. The predicted molar refractivity (Wildman–Crippen MR) is 159 cm³/mol. The highest BCUT2D eigenvalue weighted by atomic mass is 32.2. The zero-order valence-corrected chi connectivity index (χ0v) is 23.9. The van der Waals surface area contributed by atoms with Crippen LogP contribution in [-0.4, -0.2) is 64.6 Å². The second-order valence-electron chi connectivity index (χ2n) is 9.19. The van der Waals surface area contributed by atoms with Crippen LogP contribution in [0.3, 0.4) is 0 Å². The monoisotopic (exact) mass is 578 g/mol. The van der Waals surface area contributed by atoms with E-state index in [4.69, 9.17) is 9.47 Å². The number of carbonyl (C=O) groups excluding carboxylic acids is 1. The average Bonchev–Trinajstić information content (AvgIpc) is 3.39. The van der Waals surface area contributed by atoms with Crippen molar-refractivity contribution in [3.8, 4) is 5.75 Å². The lowest BCUT2D eigenvalue weighted by Crippen LogP contribution is -2.36. The fourth-order valence-corrected chi connectivity index (χ4v) is 6.15. The van der Waals surface area contributed by atoms with Gasteiger partial charge in [0.1, 0.15) is 5.75 Å². The third kappa shape index (κ3) is 6.33. The van der Waals surface area contributed by atoms with E-state index in [0.29, 0.717) is 29.7 Å². The van der Waals surface area contributed by atoms with Gasteiger partial charge in [0.15, 0.2) is 15.0 Å². The summed E-state index contributed by atoms with van der Waals surface area (Å²) < 4.78 is 37.2. The molecule has 0 aliphatic carbocycles. The summed E-state index contributed by atoms with van der Waals surface area (Å²) in [6.45, 7) is 4.65. The number of rotatable bonds is 9. The van der Waals surface area contributed by atoms with Crippen molar-refractivity contribution in [3.63, 3.8) is 0 Å². The van der Waals surface area contributed by atoms with Crippen LogP contribution in [0.15, 0.2) is 76.6 Å². The number of aliphatic imine (C=N–C) groups is 1. The van der Waals surface area contributed by atoms with Gasteiger partial charge in [-0.2, -0.15) is 0 Å². The van der Waals surface area contributed by atoms with Gasteiger partial charge in [-0.1, -0.05) is 30.4 Å². The molecular weight excluding hydrogens is 548 g/mol. The number of carbonyl (C=O) groups is 1. The number of fused-ring (bicyclic) bond motifs is 1. The third-order valence-electron chi connectivity index (χ3n) is 6.55. The van der Waals surface area contributed by atoms with Crippen molar-refractivity contribution in [3.05, 3.63) is 77.9 Å². The summed E-state index contributed by atoms with van der Waals surface area (Å²) in [4.78, 5) is 24.7. The number of nitrogens with one attached hydrogen (secondary N) is 1. The fraction of sp³-hybridized carbons (Fsp3) is 0.276. The molecule has 1 amide bonds. The molecule has 0 saturated carbocycles. The molecule has 1 fully saturated rings. The van der Waals surface area contributed by atoms with Gasteiger partial charge in [-0.3, -0.25) is 15.1 Å². The number of amides is 1. The van der Waals surface area contributed by atoms with Gasteiger partial charge in [-0.25, -0.2) is 13.4 Å². The maximum Gasteiger partial charge on any atom is 0.271 e. The first kappa shape index (κ1) is 27.8. The Balaban J connectivity index is 1.40. The van der Waals surface area contributed by atoms with Crippen molar-refractivity contribution in [2.24, 2.45) is 4.99 Å². The van der Waals surface area contributed by atoms with Crippen molar-refractivity contribution in [2.75, 3.05) is 49.3 Å². The molecule has 0 bridgehead atoms. The van der Waals surface area contributed by atoms with E-state index in [1.54, 1.807) is 44.5 Å². The van der Waals surface area contributed by atoms with Gasteiger partial charge in [0.25, 0.3) is 5.91 Å². The third-order valence-corrected chi connectivity index (χ3v) is 9.23. The normalized spacial score (nSPS) is 14.9. The largest absolute Gasteiger partial charge is 0.476 e. The Bertz CT molecular complexity index is 1610. The highest BCUT2D eigenvalue weighted by molar-refractivity contribution is 7.91. The topological polar surface area (TPSA) is 110 Å². The van der Waals surface area contributed by atoms with Gasteiger partial charge in [0, 0.05) is 37.6 Å². The van der Waals surface area contributed by atoms with Crippen LogP contribution in [0.2, 0.25) is 0 Å². The number of thiazole rings is 1. The molecule has 0 spiro atoms. The van der Waals surface area contributed by atoms with Gasteiger partial charge in [0.2, 0.25) is 6.10 Å². The highest BCUT2D eigenvalue weighted by Crippen LogP contribution is 2.32. The predicted octanol–water partition coefficient (Wildman–Crippen LogP) is 4.73. The number of aromatic nitrogens is 1. The van der Waals surface area contributed by atoms with Gasteiger partial charge >= 0.3 is 0 Å². The van der Waals surface area contributed by atoms with E-state index < -0.39 is 21.8 Å². The molecule has 3 aromatic carbocycles. The van der Waals surface area contributed by atoms with Crippen molar-refractivity contribution in [1.82, 2.24) is 4.98 Å². The number of benzene rings is 3. The van der Waals surface area contributed by atoms with Crippen LogP contribution in [-0.2, 0) is 19.4 Å². The van der Waals surface area contributed by atoms with E-state index in [0.717, 1.165) is 34.6 Å². The number of sulfone groups is 1. The Hall–Kier alpha value is -3.80. The van der Waals surface area contributed by atoms with E-state index in [2.05, 4.69) is 26.3 Å². The smallest absolute Gasteiger partial charge is 0.271 e. The molecule has 4 aromatic rings. The van der Waals surface area contributed by atoms with Crippen molar-refractivity contribution < 1.29 is 22.7 Å². The molecule has 1 N–H and O–H groups in total. The fourth-order valence-electron chi connectivity index (χ4n) is 4.36. The molecule has 2 heterocycles. The summed E-state index contributed by atoms with van der Waals surface area (Å²) in [7, 11) is -1.68. The Labute approximate surface area is 237 Å². The summed E-state index contributed by atoms with van der Waals surface area (Å²) in [5.74, 6) is 0.0567. The van der Waals surface area contributed by atoms with Crippen LogP contribution < -0.4 is 15.0 Å². The number of hydrogen-bond donors (Lipinski definition) is 1. The average molecular weight is 579 g/mol. The van der Waals surface area contributed by atoms with Crippen LogP contribution in [0.25, 0.3) is 10.2 Å². The first-order chi connectivity index (χ1) is 19.4. The summed E-state index contributed by atoms with van der Waals surface area (Å²) in [5, 5.41) is 3.36. The molecule has 1 aromatic heterocycles. The minimum atomic E-state index is -3.38. The molecule has 9 nitrogen and oxygen atoms in total. The van der Waals surface area contributed by atoms with E-state index in [-0.39, 0.29) is 10.6 Å². The zero-order chi connectivity index (χ0) is 28.1. The Morgan fingerprint density at radius 3 is 2.52 bits per heavy atom. The summed E-state index contributed by atoms with van der Waals surface area (Å²) in [6, 6.07) is 19.5. The minimum Gasteiger partial charge on any atom is -0.476 e. The number of nitrogens with zero attached hydrogens (tertiary/aromatic N) is 3. The molecule has 208 valence electrons. The number of morpholine rings is 1. The molecule has 40 heavy (non-hydrogen) atoms. The summed E-state index contributed by atoms with van der Waals surface area (Å²) in [6.07, 6.45) is 0.679. The number of hydrogen-bond acceptors (Lipinski definition) is 9. The highest BCUT2D eigenvalue weighted by Gasteiger charge is 2.25. The molecule has 1 atom stereocenters. The van der Waals surface area contributed by atoms with Crippen LogP contribution in [0.1, 0.15) is 24.2 Å². The van der Waals surface area contributed by atoms with Crippen molar-refractivity contribution in [1.29, 1.82) is 0 Å². The number of ether oxygens (including phenoxy) is 2. The van der Waals surface area contributed by atoms with Crippen LogP contribution >= 0.6 is 11.3 Å². The van der Waals surface area contributed by atoms with Gasteiger partial charge in [-0.05, 0) is 60.2 Å². The SMILES string of the molecule is CCS(=O)(=O)c1ccc(C(Oc2ccc(/C=N/C)cc2)C(=O)Nc2nc3ccc(N4CCOCC4)cc3s2)cc1. The lowest BCUT2D eigenvalue weighted by molar-refractivity contribution is -0.123. The van der Waals surface area contributed by atoms with Crippen molar-refractivity contribution >= 4 is 54.3 Å². The second kappa shape index (κ2) is 12.2. The zero-order valence-electron chi connectivity index (χ0n) is 22.2. The molecule has 5 rings (SSSR count). The molecule has 1 aliphatic heterocycles. The van der Waals surface area contributed by atoms with Gasteiger partial charge in [0.05, 0.1) is 34.1 Å². The summed E-state index contributed by atoms with van der Waals surface area (Å²) in [5.41, 5.74) is 3.30. The lowest BCUT2D eigenvalue weighted by Gasteiger charge is -2.28. The second-order valence-corrected chi connectivity index (χ2v) is 12.5. The molecule has 1 aliphatic rings. The van der Waals surface area contributed by atoms with Crippen LogP contribution in [0.5, 0.6) is 5.75 Å². The molecule has 1 saturated heterocycles. The van der Waals surface area contributed by atoms with Gasteiger partial charge in [-0.15, -0.1) is 0 Å². The summed E-state index contributed by atoms with van der Waals surface area (Å²) >= 11 is 1.39. The quantitative estimate of drug-likeness (QED) is 0.286. The Morgan fingerprint density at radius 1 is 1.12 bits per heavy atom. The first-order valence-electron chi connectivity index (χ1n) is 12.9. The standard InChI is InChI=1S/C29H30N4O5S2/c1-3-40(35,36)24-11-6-21(7-12-24)27(38-23-9-4-20(5-10-23)19-30-2)28(34)32-29-31-25-13-8-22(18-26(25)39-29)33-14-16-37-17-15-33/h4-13,18-19,27H,3,14-17H2,1-2H3,(H,31,32,34)/b30-19+. The van der Waals surface area contributed by atoms with E-state index in [1.807, 2.05) is 24.3 Å². The first-order valence-corrected chi connectivity index (χ1v) is 15.4. The Morgan fingerprint density at radius 2 is 1.85 bits per heavy atom. The van der Waals surface area contributed by atoms with Gasteiger partial charge < -0.3 is 14.4 Å². The number of anilines is 2. The Kier molecular flexibility index (Phi) is 8.43. The molecule has 0 radical (unpaired) electrons. The van der Waals surface area contributed by atoms with E-state index >= 15 is 0 Å². The van der Waals surface area contributed by atoms with Crippen molar-refractivity contribution in [2.45, 2.75) is 17.9 Å².